The van der Waals surface area contributed by atoms with E-state index in [1.54, 1.807) is 0 Å². The van der Waals surface area contributed by atoms with Crippen LogP contribution in [0, 0.1) is 11.6 Å². The molecule has 0 spiro atoms. The van der Waals surface area contributed by atoms with E-state index in [-0.39, 0.29) is 0 Å². The van der Waals surface area contributed by atoms with E-state index in [0.29, 0.717) is 5.02 Å². The molecule has 0 aliphatic heterocycles. The molecule has 2 aromatic rings. The summed E-state index contributed by atoms with van der Waals surface area (Å²) in [5, 5.41) is 1.81. The van der Waals surface area contributed by atoms with Gasteiger partial charge < -0.3 is 4.98 Å². The predicted molar refractivity (Wildman–Crippen MR) is 58.9 cm³/mol. The van der Waals surface area contributed by atoms with Gasteiger partial charge in [-0.15, -0.1) is 0 Å². The van der Waals surface area contributed by atoms with Gasteiger partial charge in [-0.05, 0) is 30.0 Å². The molecule has 0 atom stereocenters. The Morgan fingerprint density at radius 1 is 1.38 bits per heavy atom. The lowest BCUT2D eigenvalue weighted by Gasteiger charge is -2.01. The topological polar surface area (TPSA) is 15.8 Å². The molecule has 13 heavy (non-hydrogen) atoms. The molecule has 1 N–H and O–H groups in total. The largest absolute Gasteiger partial charge is 0.345 e. The fourth-order valence-corrected chi connectivity index (χ4v) is 1.69. The number of rotatable bonds is 0. The number of pyridine rings is 1. The number of fused-ring (bicyclic) bond motifs is 1. The number of aromatic amines is 1. The van der Waals surface area contributed by atoms with Crippen molar-refractivity contribution in [3.8, 4) is 0 Å². The number of aryl methyl sites for hydroxylation is 1. The van der Waals surface area contributed by atoms with Gasteiger partial charge in [0.25, 0.3) is 0 Å². The molecule has 0 bridgehead atoms. The lowest BCUT2D eigenvalue weighted by Crippen LogP contribution is -1.84. The average Bonchev–Trinajstić information content (AvgIpc) is 2.09. The molecule has 1 aromatic heterocycles. The Balaban J connectivity index is 2.97. The summed E-state index contributed by atoms with van der Waals surface area (Å²) in [6.07, 6.45) is 0. The number of halogens is 1. The van der Waals surface area contributed by atoms with Crippen LogP contribution in [0.4, 0.5) is 0 Å². The molecule has 0 aliphatic rings. The number of para-hydroxylation sites is 1. The van der Waals surface area contributed by atoms with Gasteiger partial charge in [0.2, 0.25) is 0 Å². The first-order valence-electron chi connectivity index (χ1n) is 3.96. The van der Waals surface area contributed by atoms with Crippen molar-refractivity contribution in [2.24, 2.45) is 0 Å². The third kappa shape index (κ3) is 1.47. The summed E-state index contributed by atoms with van der Waals surface area (Å²) in [6.45, 7) is 1.99. The molecular weight excluding hydrogens is 202 g/mol. The summed E-state index contributed by atoms with van der Waals surface area (Å²) in [6, 6.07) is 7.84. The van der Waals surface area contributed by atoms with Gasteiger partial charge in [0, 0.05) is 0 Å². The van der Waals surface area contributed by atoms with E-state index in [1.807, 2.05) is 31.2 Å². The monoisotopic (exact) mass is 209 g/mol. The summed E-state index contributed by atoms with van der Waals surface area (Å²) < 4.78 is 0.751. The highest BCUT2D eigenvalue weighted by Crippen LogP contribution is 2.21. The van der Waals surface area contributed by atoms with Gasteiger partial charge in [0.05, 0.1) is 10.5 Å². The van der Waals surface area contributed by atoms with Crippen molar-refractivity contribution in [1.82, 2.24) is 4.98 Å². The van der Waals surface area contributed by atoms with Crippen LogP contribution < -0.4 is 0 Å². The first-order chi connectivity index (χ1) is 6.18. The van der Waals surface area contributed by atoms with Gasteiger partial charge in [-0.3, -0.25) is 0 Å². The molecule has 1 aromatic carbocycles. The van der Waals surface area contributed by atoms with Crippen LogP contribution in [0.5, 0.6) is 0 Å². The van der Waals surface area contributed by atoms with E-state index in [0.717, 1.165) is 21.1 Å². The van der Waals surface area contributed by atoms with E-state index in [2.05, 4.69) is 4.98 Å². The minimum atomic E-state index is 0.712. The summed E-state index contributed by atoms with van der Waals surface area (Å²) in [4.78, 5) is 3.11. The van der Waals surface area contributed by atoms with Gasteiger partial charge in [-0.1, -0.05) is 36.0 Å². The quantitative estimate of drug-likeness (QED) is 0.652. The summed E-state index contributed by atoms with van der Waals surface area (Å²) in [5.74, 6) is 0. The smallest absolute Gasteiger partial charge is 0.106 e. The highest BCUT2D eigenvalue weighted by molar-refractivity contribution is 7.71. The zero-order chi connectivity index (χ0) is 9.42. The molecular formula is C10H8ClNS. The van der Waals surface area contributed by atoms with Crippen molar-refractivity contribution >= 4 is 34.7 Å². The number of hydrogen-bond acceptors (Lipinski definition) is 1. The van der Waals surface area contributed by atoms with Crippen molar-refractivity contribution in [1.29, 1.82) is 0 Å². The number of nitrogens with one attached hydrogen (secondary N) is 1. The lowest BCUT2D eigenvalue weighted by molar-refractivity contribution is 1.30. The number of benzene rings is 1. The van der Waals surface area contributed by atoms with Gasteiger partial charge in [0.15, 0.2) is 0 Å². The summed E-state index contributed by atoms with van der Waals surface area (Å²) in [5.41, 5.74) is 1.99. The standard InChI is InChI=1S/C10H8ClNS/c1-6-5-7-3-2-4-8(11)9(7)12-10(6)13/h2-5H,1H3,(H,12,13). The van der Waals surface area contributed by atoms with Gasteiger partial charge in [-0.25, -0.2) is 0 Å². The number of H-pyrrole nitrogens is 1. The van der Waals surface area contributed by atoms with Gasteiger partial charge in [-0.2, -0.15) is 0 Å². The van der Waals surface area contributed by atoms with Gasteiger partial charge >= 0.3 is 0 Å². The molecule has 1 heterocycles. The maximum atomic E-state index is 6.00. The zero-order valence-electron chi connectivity index (χ0n) is 7.10. The van der Waals surface area contributed by atoms with Crippen LogP contribution in [-0.4, -0.2) is 4.98 Å². The first kappa shape index (κ1) is 8.73. The average molecular weight is 210 g/mol. The second kappa shape index (κ2) is 3.13. The Labute approximate surface area is 86.4 Å². The fraction of sp³-hybridized carbons (Fsp3) is 0.100. The first-order valence-corrected chi connectivity index (χ1v) is 4.75. The number of aromatic nitrogens is 1. The molecule has 1 nitrogen and oxygen atoms in total. The zero-order valence-corrected chi connectivity index (χ0v) is 8.67. The molecule has 3 heteroatoms. The summed E-state index contributed by atoms with van der Waals surface area (Å²) >= 11 is 11.1. The predicted octanol–water partition coefficient (Wildman–Crippen LogP) is 3.86. The van der Waals surface area contributed by atoms with Crippen LogP contribution in [0.1, 0.15) is 5.56 Å². The third-order valence-electron chi connectivity index (χ3n) is 2.01. The highest BCUT2D eigenvalue weighted by atomic mass is 35.5. The Kier molecular flexibility index (Phi) is 2.10. The van der Waals surface area contributed by atoms with Crippen molar-refractivity contribution in [3.63, 3.8) is 0 Å². The van der Waals surface area contributed by atoms with Crippen molar-refractivity contribution in [2.45, 2.75) is 6.92 Å². The van der Waals surface area contributed by atoms with Crippen LogP contribution >= 0.6 is 23.8 Å². The van der Waals surface area contributed by atoms with E-state index in [1.165, 1.54) is 0 Å². The Bertz CT molecular complexity index is 516. The minimum absolute atomic E-state index is 0.712. The minimum Gasteiger partial charge on any atom is -0.345 e. The van der Waals surface area contributed by atoms with E-state index < -0.39 is 0 Å². The van der Waals surface area contributed by atoms with E-state index in [9.17, 15) is 0 Å². The maximum absolute atomic E-state index is 6.00. The fourth-order valence-electron chi connectivity index (χ4n) is 1.30. The Hall–Kier alpha value is -0.860. The molecule has 0 radical (unpaired) electrons. The molecule has 0 unspecified atom stereocenters. The third-order valence-corrected chi connectivity index (χ3v) is 2.75. The van der Waals surface area contributed by atoms with Crippen LogP contribution in [0.3, 0.4) is 0 Å². The van der Waals surface area contributed by atoms with Gasteiger partial charge in [0.1, 0.15) is 4.64 Å². The van der Waals surface area contributed by atoms with E-state index >= 15 is 0 Å². The SMILES string of the molecule is Cc1cc2cccc(Cl)c2[nH]c1=S. The van der Waals surface area contributed by atoms with Crippen molar-refractivity contribution < 1.29 is 0 Å². The van der Waals surface area contributed by atoms with Crippen LogP contribution in [0.25, 0.3) is 10.9 Å². The molecule has 0 saturated heterocycles. The van der Waals surface area contributed by atoms with Crippen molar-refractivity contribution in [3.05, 3.63) is 39.5 Å². The molecule has 66 valence electrons. The maximum Gasteiger partial charge on any atom is 0.106 e. The van der Waals surface area contributed by atoms with Crippen LogP contribution in [0.15, 0.2) is 24.3 Å². The Morgan fingerprint density at radius 2 is 2.15 bits per heavy atom. The van der Waals surface area contributed by atoms with Crippen molar-refractivity contribution in [2.75, 3.05) is 0 Å². The molecule has 0 aliphatic carbocycles. The second-order valence-electron chi connectivity index (χ2n) is 2.99. The number of hydrogen-bond donors (Lipinski definition) is 1. The molecule has 2 rings (SSSR count). The summed E-state index contributed by atoms with van der Waals surface area (Å²) in [7, 11) is 0. The Morgan fingerprint density at radius 3 is 2.92 bits per heavy atom. The normalized spacial score (nSPS) is 10.6. The second-order valence-corrected chi connectivity index (χ2v) is 3.80. The van der Waals surface area contributed by atoms with E-state index in [4.69, 9.17) is 23.8 Å². The molecule has 0 saturated carbocycles. The van der Waals surface area contributed by atoms with Crippen LogP contribution in [-0.2, 0) is 0 Å². The lowest BCUT2D eigenvalue weighted by atomic mass is 10.2. The van der Waals surface area contributed by atoms with Crippen LogP contribution in [0.2, 0.25) is 5.02 Å². The highest BCUT2D eigenvalue weighted by Gasteiger charge is 1.99. The molecule has 0 fully saturated rings. The molecule has 0 amide bonds.